The fraction of sp³-hybridized carbons (Fsp3) is 0.650. The number of thioether (sulfide) groups is 1. The van der Waals surface area contributed by atoms with Crippen LogP contribution in [0.1, 0.15) is 32.1 Å². The standard InChI is InChI=1S/C20H31N3O3S2/c1-27-16-11-19(21-28(25,26)18-9-3-2-4-10-18)20(24)23-14-12-22(13-15-23)17-7-5-6-8-17/h2-4,9-10,17,19,21H,5-8,11-16H2,1H3. The van der Waals surface area contributed by atoms with Crippen molar-refractivity contribution >= 4 is 27.7 Å². The van der Waals surface area contributed by atoms with Crippen molar-refractivity contribution in [3.8, 4) is 0 Å². The number of benzene rings is 1. The van der Waals surface area contributed by atoms with Crippen LogP contribution < -0.4 is 4.72 Å². The van der Waals surface area contributed by atoms with E-state index >= 15 is 0 Å². The molecule has 1 unspecified atom stereocenters. The molecule has 1 aromatic rings. The lowest BCUT2D eigenvalue weighted by molar-refractivity contribution is -0.135. The highest BCUT2D eigenvalue weighted by molar-refractivity contribution is 7.98. The van der Waals surface area contributed by atoms with Gasteiger partial charge in [0.15, 0.2) is 0 Å². The summed E-state index contributed by atoms with van der Waals surface area (Å²) in [4.78, 5) is 17.6. The number of nitrogens with zero attached hydrogens (tertiary/aromatic N) is 2. The van der Waals surface area contributed by atoms with E-state index in [1.807, 2.05) is 11.2 Å². The van der Waals surface area contributed by atoms with Crippen LogP contribution in [0.3, 0.4) is 0 Å². The Bertz CT molecular complexity index is 728. The van der Waals surface area contributed by atoms with Crippen LogP contribution in [0.5, 0.6) is 0 Å². The second-order valence-electron chi connectivity index (χ2n) is 7.57. The molecule has 1 heterocycles. The quantitative estimate of drug-likeness (QED) is 0.691. The molecule has 2 fully saturated rings. The number of amides is 1. The number of hydrogen-bond donors (Lipinski definition) is 1. The molecule has 0 bridgehead atoms. The Morgan fingerprint density at radius 3 is 2.39 bits per heavy atom. The maximum Gasteiger partial charge on any atom is 0.241 e. The van der Waals surface area contributed by atoms with Crippen molar-refractivity contribution in [2.45, 2.75) is 49.1 Å². The molecule has 1 amide bonds. The van der Waals surface area contributed by atoms with Crippen LogP contribution in [-0.4, -0.2) is 74.4 Å². The average Bonchev–Trinajstić information content (AvgIpc) is 3.26. The van der Waals surface area contributed by atoms with Gasteiger partial charge in [0.2, 0.25) is 15.9 Å². The van der Waals surface area contributed by atoms with Gasteiger partial charge in [-0.05, 0) is 43.4 Å². The molecule has 1 aliphatic heterocycles. The van der Waals surface area contributed by atoms with Crippen molar-refractivity contribution in [1.82, 2.24) is 14.5 Å². The van der Waals surface area contributed by atoms with Crippen molar-refractivity contribution < 1.29 is 13.2 Å². The van der Waals surface area contributed by atoms with E-state index in [0.29, 0.717) is 25.6 Å². The number of sulfonamides is 1. The van der Waals surface area contributed by atoms with E-state index in [0.717, 1.165) is 18.8 Å². The molecule has 1 atom stereocenters. The highest BCUT2D eigenvalue weighted by atomic mass is 32.2. The molecule has 8 heteroatoms. The summed E-state index contributed by atoms with van der Waals surface area (Å²) in [5.41, 5.74) is 0. The summed E-state index contributed by atoms with van der Waals surface area (Å²) in [6.07, 6.45) is 7.61. The molecule has 2 aliphatic rings. The van der Waals surface area contributed by atoms with E-state index in [9.17, 15) is 13.2 Å². The molecule has 0 spiro atoms. The highest BCUT2D eigenvalue weighted by Gasteiger charge is 2.32. The van der Waals surface area contributed by atoms with Gasteiger partial charge in [-0.2, -0.15) is 16.5 Å². The predicted molar refractivity (Wildman–Crippen MR) is 114 cm³/mol. The summed E-state index contributed by atoms with van der Waals surface area (Å²) in [5, 5.41) is 0. The fourth-order valence-electron chi connectivity index (χ4n) is 4.12. The largest absolute Gasteiger partial charge is 0.339 e. The number of piperazine rings is 1. The van der Waals surface area contributed by atoms with Gasteiger partial charge in [0, 0.05) is 32.2 Å². The summed E-state index contributed by atoms with van der Waals surface area (Å²) in [7, 11) is -3.71. The fourth-order valence-corrected chi connectivity index (χ4v) is 5.84. The lowest BCUT2D eigenvalue weighted by Crippen LogP contribution is -2.56. The lowest BCUT2D eigenvalue weighted by Gasteiger charge is -2.39. The molecule has 0 aromatic heterocycles. The normalized spacial score (nSPS) is 20.4. The maximum absolute atomic E-state index is 13.1. The van der Waals surface area contributed by atoms with Gasteiger partial charge in [-0.1, -0.05) is 31.0 Å². The number of rotatable bonds is 8. The topological polar surface area (TPSA) is 69.7 Å². The van der Waals surface area contributed by atoms with Crippen LogP contribution in [0.2, 0.25) is 0 Å². The SMILES string of the molecule is CSCCC(NS(=O)(=O)c1ccccc1)C(=O)N1CCN(C2CCCC2)CC1. The van der Waals surface area contributed by atoms with E-state index < -0.39 is 16.1 Å². The number of hydrogen-bond acceptors (Lipinski definition) is 5. The maximum atomic E-state index is 13.1. The Morgan fingerprint density at radius 2 is 1.79 bits per heavy atom. The third kappa shape index (κ3) is 5.49. The van der Waals surface area contributed by atoms with Crippen molar-refractivity contribution in [1.29, 1.82) is 0 Å². The Morgan fingerprint density at radius 1 is 1.14 bits per heavy atom. The molecule has 1 saturated carbocycles. The van der Waals surface area contributed by atoms with Gasteiger partial charge >= 0.3 is 0 Å². The highest BCUT2D eigenvalue weighted by Crippen LogP contribution is 2.24. The molecule has 0 radical (unpaired) electrons. The molecular weight excluding hydrogens is 394 g/mol. The molecule has 3 rings (SSSR count). The first kappa shape index (κ1) is 21.6. The Kier molecular flexibility index (Phi) is 7.79. The molecular formula is C20H31N3O3S2. The summed E-state index contributed by atoms with van der Waals surface area (Å²) >= 11 is 1.62. The molecule has 28 heavy (non-hydrogen) atoms. The summed E-state index contributed by atoms with van der Waals surface area (Å²) in [5.74, 6) is 0.634. The van der Waals surface area contributed by atoms with Gasteiger partial charge in [0.05, 0.1) is 4.90 Å². The van der Waals surface area contributed by atoms with Crippen molar-refractivity contribution in [2.75, 3.05) is 38.2 Å². The monoisotopic (exact) mass is 425 g/mol. The van der Waals surface area contributed by atoms with E-state index in [2.05, 4.69) is 9.62 Å². The zero-order valence-electron chi connectivity index (χ0n) is 16.5. The minimum Gasteiger partial charge on any atom is -0.339 e. The number of carbonyl (C=O) groups is 1. The van der Waals surface area contributed by atoms with Gasteiger partial charge in [0.1, 0.15) is 6.04 Å². The van der Waals surface area contributed by atoms with Crippen molar-refractivity contribution in [3.63, 3.8) is 0 Å². The van der Waals surface area contributed by atoms with Crippen LogP contribution in [0.4, 0.5) is 0 Å². The van der Waals surface area contributed by atoms with Crippen molar-refractivity contribution in [3.05, 3.63) is 30.3 Å². The summed E-state index contributed by atoms with van der Waals surface area (Å²) in [6.45, 7) is 3.13. The second kappa shape index (κ2) is 10.1. The molecule has 156 valence electrons. The van der Waals surface area contributed by atoms with Crippen LogP contribution in [0, 0.1) is 0 Å². The zero-order valence-corrected chi connectivity index (χ0v) is 18.2. The van der Waals surface area contributed by atoms with Crippen molar-refractivity contribution in [2.24, 2.45) is 0 Å². The van der Waals surface area contributed by atoms with E-state index in [1.165, 1.54) is 25.7 Å². The van der Waals surface area contributed by atoms with Crippen LogP contribution in [0.25, 0.3) is 0 Å². The molecule has 6 nitrogen and oxygen atoms in total. The smallest absolute Gasteiger partial charge is 0.241 e. The van der Waals surface area contributed by atoms with Gasteiger partial charge in [-0.15, -0.1) is 0 Å². The molecule has 1 aromatic carbocycles. The Labute approximate surface area is 173 Å². The summed E-state index contributed by atoms with van der Waals surface area (Å²) < 4.78 is 28.1. The van der Waals surface area contributed by atoms with Crippen LogP contribution in [0.15, 0.2) is 35.2 Å². The van der Waals surface area contributed by atoms with Gasteiger partial charge in [-0.3, -0.25) is 9.69 Å². The van der Waals surface area contributed by atoms with E-state index in [-0.39, 0.29) is 10.8 Å². The van der Waals surface area contributed by atoms with Gasteiger partial charge in [0.25, 0.3) is 0 Å². The lowest BCUT2D eigenvalue weighted by atomic mass is 10.1. The summed E-state index contributed by atoms with van der Waals surface area (Å²) in [6, 6.07) is 8.22. The zero-order chi connectivity index (χ0) is 20.0. The second-order valence-corrected chi connectivity index (χ2v) is 10.3. The third-order valence-electron chi connectivity index (χ3n) is 5.73. The number of nitrogens with one attached hydrogen (secondary N) is 1. The first-order valence-corrected chi connectivity index (χ1v) is 13.0. The molecule has 1 saturated heterocycles. The minimum absolute atomic E-state index is 0.0976. The predicted octanol–water partition coefficient (Wildman–Crippen LogP) is 2.17. The first-order chi connectivity index (χ1) is 13.5. The minimum atomic E-state index is -3.71. The third-order valence-corrected chi connectivity index (χ3v) is 7.86. The average molecular weight is 426 g/mol. The first-order valence-electron chi connectivity index (χ1n) is 10.1. The van der Waals surface area contributed by atoms with Gasteiger partial charge in [-0.25, -0.2) is 8.42 Å². The Balaban J connectivity index is 1.63. The molecule has 1 aliphatic carbocycles. The van der Waals surface area contributed by atoms with Crippen LogP contribution >= 0.6 is 11.8 Å². The van der Waals surface area contributed by atoms with E-state index in [1.54, 1.807) is 42.1 Å². The van der Waals surface area contributed by atoms with E-state index in [4.69, 9.17) is 0 Å². The van der Waals surface area contributed by atoms with Crippen LogP contribution in [-0.2, 0) is 14.8 Å². The number of carbonyl (C=O) groups excluding carboxylic acids is 1. The van der Waals surface area contributed by atoms with Gasteiger partial charge < -0.3 is 4.90 Å². The molecule has 1 N–H and O–H groups in total. The Hall–Kier alpha value is -1.09.